The Morgan fingerprint density at radius 2 is 2.05 bits per heavy atom. The molecule has 2 rings (SSSR count). The summed E-state index contributed by atoms with van der Waals surface area (Å²) in [4.78, 5) is 26.7. The van der Waals surface area contributed by atoms with Crippen LogP contribution in [0.4, 0.5) is 0 Å². The minimum absolute atomic E-state index is 0.0244. The van der Waals surface area contributed by atoms with E-state index < -0.39 is 6.04 Å². The molecule has 5 heteroatoms. The van der Waals surface area contributed by atoms with Crippen LogP contribution in [-0.2, 0) is 14.3 Å². The van der Waals surface area contributed by atoms with Gasteiger partial charge in [0.05, 0.1) is 12.1 Å². The lowest BCUT2D eigenvalue weighted by Gasteiger charge is -2.45. The van der Waals surface area contributed by atoms with Crippen LogP contribution in [0.5, 0.6) is 0 Å². The second-order valence-corrected chi connectivity index (χ2v) is 7.26. The molecule has 0 saturated carbocycles. The number of ether oxygens (including phenoxy) is 1. The van der Waals surface area contributed by atoms with Crippen LogP contribution in [0, 0.1) is 5.41 Å². The van der Waals surface area contributed by atoms with Crippen molar-refractivity contribution in [2.75, 3.05) is 19.8 Å². The molecule has 0 aromatic heterocycles. The molecule has 0 spiro atoms. The zero-order chi connectivity index (χ0) is 15.0. The monoisotopic (exact) mass is 282 g/mol. The van der Waals surface area contributed by atoms with Crippen molar-refractivity contribution in [2.24, 2.45) is 5.41 Å². The molecule has 0 aromatic carbocycles. The summed E-state index contributed by atoms with van der Waals surface area (Å²) < 4.78 is 5.58. The van der Waals surface area contributed by atoms with E-state index in [-0.39, 0.29) is 22.8 Å². The summed E-state index contributed by atoms with van der Waals surface area (Å²) in [5.74, 6) is -0.0162. The minimum Gasteiger partial charge on any atom is -0.379 e. The molecule has 2 aliphatic heterocycles. The number of hydrogen-bond donors (Lipinski definition) is 1. The van der Waals surface area contributed by atoms with Crippen molar-refractivity contribution >= 4 is 11.8 Å². The summed E-state index contributed by atoms with van der Waals surface area (Å²) in [5, 5.41) is 2.88. The Balaban J connectivity index is 2.27. The molecule has 20 heavy (non-hydrogen) atoms. The molecule has 0 bridgehead atoms. The van der Waals surface area contributed by atoms with Gasteiger partial charge in [-0.25, -0.2) is 0 Å². The summed E-state index contributed by atoms with van der Waals surface area (Å²) >= 11 is 0. The fourth-order valence-electron chi connectivity index (χ4n) is 3.03. The molecule has 2 fully saturated rings. The second kappa shape index (κ2) is 5.35. The molecule has 2 aliphatic rings. The number of carbonyl (C=O) groups is 2. The smallest absolute Gasteiger partial charge is 0.246 e. The van der Waals surface area contributed by atoms with Crippen molar-refractivity contribution in [1.29, 1.82) is 0 Å². The number of carbonyl (C=O) groups excluding carboxylic acids is 2. The topological polar surface area (TPSA) is 58.6 Å². The van der Waals surface area contributed by atoms with E-state index in [1.54, 1.807) is 0 Å². The zero-order valence-corrected chi connectivity index (χ0v) is 13.0. The van der Waals surface area contributed by atoms with Gasteiger partial charge in [0.2, 0.25) is 11.8 Å². The van der Waals surface area contributed by atoms with Crippen LogP contribution in [0.3, 0.4) is 0 Å². The molecule has 114 valence electrons. The third-order valence-corrected chi connectivity index (χ3v) is 4.32. The number of nitrogens with one attached hydrogen (secondary N) is 1. The van der Waals surface area contributed by atoms with E-state index in [0.717, 1.165) is 19.4 Å². The molecule has 5 nitrogen and oxygen atoms in total. The molecule has 0 radical (unpaired) electrons. The van der Waals surface area contributed by atoms with Crippen molar-refractivity contribution in [3.8, 4) is 0 Å². The first kappa shape index (κ1) is 15.3. The van der Waals surface area contributed by atoms with Crippen LogP contribution in [-0.4, -0.2) is 48.1 Å². The van der Waals surface area contributed by atoms with Gasteiger partial charge in [-0.1, -0.05) is 20.8 Å². The predicted molar refractivity (Wildman–Crippen MR) is 76.2 cm³/mol. The van der Waals surface area contributed by atoms with Gasteiger partial charge in [-0.2, -0.15) is 0 Å². The second-order valence-electron chi connectivity index (χ2n) is 7.26. The lowest BCUT2D eigenvalue weighted by Crippen LogP contribution is -2.60. The molecule has 2 heterocycles. The lowest BCUT2D eigenvalue weighted by atomic mass is 9.84. The van der Waals surface area contributed by atoms with Crippen molar-refractivity contribution in [2.45, 2.75) is 58.5 Å². The van der Waals surface area contributed by atoms with Crippen molar-refractivity contribution in [1.82, 2.24) is 10.2 Å². The summed E-state index contributed by atoms with van der Waals surface area (Å²) in [7, 11) is 0. The third-order valence-electron chi connectivity index (χ3n) is 4.32. The van der Waals surface area contributed by atoms with E-state index in [1.165, 1.54) is 0 Å². The van der Waals surface area contributed by atoms with Crippen LogP contribution < -0.4 is 5.32 Å². The summed E-state index contributed by atoms with van der Waals surface area (Å²) in [6.07, 6.45) is 2.26. The summed E-state index contributed by atoms with van der Waals surface area (Å²) in [5.41, 5.74) is -0.577. The first-order chi connectivity index (χ1) is 9.24. The van der Waals surface area contributed by atoms with Gasteiger partial charge in [0, 0.05) is 19.6 Å². The maximum absolute atomic E-state index is 12.9. The van der Waals surface area contributed by atoms with Crippen molar-refractivity contribution in [3.63, 3.8) is 0 Å². The van der Waals surface area contributed by atoms with Gasteiger partial charge in [-0.05, 0) is 25.2 Å². The van der Waals surface area contributed by atoms with Crippen LogP contribution in [0.2, 0.25) is 0 Å². The molecular weight excluding hydrogens is 256 g/mol. The molecular formula is C15H26N2O3. The Morgan fingerprint density at radius 3 is 2.60 bits per heavy atom. The van der Waals surface area contributed by atoms with E-state index in [0.29, 0.717) is 19.6 Å². The standard InChI is InChI=1S/C15H26N2O3/c1-14(2,3)12-13(19)17(8-6-11(18)16-12)15(4)7-5-9-20-10-15/h12H,5-10H2,1-4H3,(H,16,18). The van der Waals surface area contributed by atoms with Gasteiger partial charge >= 0.3 is 0 Å². The summed E-state index contributed by atoms with van der Waals surface area (Å²) in [6.45, 7) is 9.83. The molecule has 2 atom stereocenters. The quantitative estimate of drug-likeness (QED) is 0.789. The zero-order valence-electron chi connectivity index (χ0n) is 13.0. The maximum atomic E-state index is 12.9. The average molecular weight is 282 g/mol. The predicted octanol–water partition coefficient (Wildman–Crippen LogP) is 1.32. The first-order valence-electron chi connectivity index (χ1n) is 7.43. The Morgan fingerprint density at radius 1 is 1.35 bits per heavy atom. The Labute approximate surface area is 121 Å². The normalized spacial score (nSPS) is 32.8. The molecule has 1 N–H and O–H groups in total. The maximum Gasteiger partial charge on any atom is 0.246 e. The van der Waals surface area contributed by atoms with E-state index >= 15 is 0 Å². The van der Waals surface area contributed by atoms with Crippen LogP contribution in [0.25, 0.3) is 0 Å². The number of amides is 2. The van der Waals surface area contributed by atoms with Crippen LogP contribution in [0.15, 0.2) is 0 Å². The SMILES string of the molecule is CC(C)(C)C1NC(=O)CCN(C2(C)CCCOC2)C1=O. The van der Waals surface area contributed by atoms with E-state index in [4.69, 9.17) is 4.74 Å². The lowest BCUT2D eigenvalue weighted by molar-refractivity contribution is -0.147. The van der Waals surface area contributed by atoms with Gasteiger partial charge < -0.3 is 15.0 Å². The average Bonchev–Trinajstić information content (AvgIpc) is 2.49. The highest BCUT2D eigenvalue weighted by molar-refractivity contribution is 5.91. The third kappa shape index (κ3) is 2.97. The fourth-order valence-corrected chi connectivity index (χ4v) is 3.03. The van der Waals surface area contributed by atoms with Gasteiger partial charge in [-0.15, -0.1) is 0 Å². The highest BCUT2D eigenvalue weighted by Gasteiger charge is 2.45. The highest BCUT2D eigenvalue weighted by atomic mass is 16.5. The minimum atomic E-state index is -0.462. The number of rotatable bonds is 1. The fraction of sp³-hybridized carbons (Fsp3) is 0.867. The van der Waals surface area contributed by atoms with E-state index in [9.17, 15) is 9.59 Å². The Hall–Kier alpha value is -1.10. The molecule has 0 aliphatic carbocycles. The molecule has 2 unspecified atom stereocenters. The largest absolute Gasteiger partial charge is 0.379 e. The molecule has 0 aromatic rings. The summed E-state index contributed by atoms with van der Waals surface area (Å²) in [6, 6.07) is -0.462. The van der Waals surface area contributed by atoms with Crippen LogP contribution in [0.1, 0.15) is 47.0 Å². The van der Waals surface area contributed by atoms with Gasteiger partial charge in [-0.3, -0.25) is 9.59 Å². The van der Waals surface area contributed by atoms with Gasteiger partial charge in [0.1, 0.15) is 6.04 Å². The van der Waals surface area contributed by atoms with E-state index in [2.05, 4.69) is 12.2 Å². The number of hydrogen-bond acceptors (Lipinski definition) is 3. The first-order valence-corrected chi connectivity index (χ1v) is 7.43. The van der Waals surface area contributed by atoms with Crippen molar-refractivity contribution in [3.05, 3.63) is 0 Å². The number of nitrogens with zero attached hydrogens (tertiary/aromatic N) is 1. The van der Waals surface area contributed by atoms with Gasteiger partial charge in [0.25, 0.3) is 0 Å². The Bertz CT molecular complexity index is 394. The highest BCUT2D eigenvalue weighted by Crippen LogP contribution is 2.31. The molecule has 2 amide bonds. The van der Waals surface area contributed by atoms with Gasteiger partial charge in [0.15, 0.2) is 0 Å². The molecule has 2 saturated heterocycles. The van der Waals surface area contributed by atoms with E-state index in [1.807, 2.05) is 25.7 Å². The van der Waals surface area contributed by atoms with Crippen LogP contribution >= 0.6 is 0 Å². The van der Waals surface area contributed by atoms with Crippen molar-refractivity contribution < 1.29 is 14.3 Å². The Kier molecular flexibility index (Phi) is 4.09.